The van der Waals surface area contributed by atoms with Gasteiger partial charge in [0.25, 0.3) is 11.2 Å². The second-order valence-electron chi connectivity index (χ2n) is 3.81. The fourth-order valence-corrected chi connectivity index (χ4v) is 1.29. The summed E-state index contributed by atoms with van der Waals surface area (Å²) in [7, 11) is 0. The van der Waals surface area contributed by atoms with Crippen molar-refractivity contribution in [3.8, 4) is 0 Å². The van der Waals surface area contributed by atoms with Gasteiger partial charge in [-0.2, -0.15) is 5.10 Å². The summed E-state index contributed by atoms with van der Waals surface area (Å²) in [6.45, 7) is 1.54. The highest BCUT2D eigenvalue weighted by Gasteiger charge is 2.02. The molecule has 9 heteroatoms. The second-order valence-corrected chi connectivity index (χ2v) is 3.81. The van der Waals surface area contributed by atoms with Gasteiger partial charge in [0.15, 0.2) is 0 Å². The van der Waals surface area contributed by atoms with Crippen LogP contribution in [0.3, 0.4) is 0 Å². The van der Waals surface area contributed by atoms with E-state index in [4.69, 9.17) is 0 Å². The quantitative estimate of drug-likeness (QED) is 0.483. The number of nitro benzene ring substituents is 1. The number of non-ortho nitro benzene ring substituents is 1. The Hall–Kier alpha value is -3.10. The van der Waals surface area contributed by atoms with E-state index in [1.54, 1.807) is 12.1 Å². The number of nitrogens with zero attached hydrogens (tertiary/aromatic N) is 4. The van der Waals surface area contributed by atoms with E-state index in [0.29, 0.717) is 5.56 Å². The predicted molar refractivity (Wildman–Crippen MR) is 71.7 cm³/mol. The highest BCUT2D eigenvalue weighted by Crippen LogP contribution is 2.10. The highest BCUT2D eigenvalue weighted by molar-refractivity contribution is 5.80. The number of aromatic nitrogens is 3. The molecule has 0 saturated heterocycles. The minimum Gasteiger partial charge on any atom is -0.288 e. The van der Waals surface area contributed by atoms with Crippen LogP contribution >= 0.6 is 0 Å². The molecule has 0 saturated carbocycles. The van der Waals surface area contributed by atoms with Gasteiger partial charge in [0.05, 0.1) is 11.1 Å². The minimum atomic E-state index is -0.480. The lowest BCUT2D eigenvalue weighted by Gasteiger charge is -1.98. The standard InChI is InChI=1S/C11H10N6O3/c1-7-10(18)13-11(16-14-7)15-12-6-8-2-4-9(5-3-8)17(19)20/h2-6H,1H3,(H2,13,15,16,18). The van der Waals surface area contributed by atoms with Crippen molar-refractivity contribution in [1.82, 2.24) is 15.2 Å². The maximum atomic E-state index is 11.3. The van der Waals surface area contributed by atoms with Gasteiger partial charge in [-0.15, -0.1) is 10.2 Å². The molecule has 20 heavy (non-hydrogen) atoms. The van der Waals surface area contributed by atoms with Crippen LogP contribution in [0, 0.1) is 17.0 Å². The second kappa shape index (κ2) is 5.69. The summed E-state index contributed by atoms with van der Waals surface area (Å²) in [5.41, 5.74) is 3.07. The first-order chi connectivity index (χ1) is 9.56. The predicted octanol–water partition coefficient (Wildman–Crippen LogP) is 0.828. The molecule has 1 heterocycles. The van der Waals surface area contributed by atoms with Crippen LogP contribution in [0.1, 0.15) is 11.3 Å². The zero-order valence-corrected chi connectivity index (χ0v) is 10.4. The molecule has 9 nitrogen and oxygen atoms in total. The summed E-state index contributed by atoms with van der Waals surface area (Å²) in [5.74, 6) is 0.110. The number of hydrogen-bond donors (Lipinski definition) is 2. The average Bonchev–Trinajstić information content (AvgIpc) is 2.43. The van der Waals surface area contributed by atoms with Crippen LogP contribution in [-0.2, 0) is 0 Å². The number of nitrogens with one attached hydrogen (secondary N) is 2. The normalized spacial score (nSPS) is 10.7. The lowest BCUT2D eigenvalue weighted by molar-refractivity contribution is -0.384. The van der Waals surface area contributed by atoms with Crippen LogP contribution in [0.2, 0.25) is 0 Å². The van der Waals surface area contributed by atoms with Gasteiger partial charge in [-0.25, -0.2) is 5.43 Å². The number of aromatic amines is 1. The number of rotatable bonds is 4. The van der Waals surface area contributed by atoms with Gasteiger partial charge in [0, 0.05) is 12.1 Å². The van der Waals surface area contributed by atoms with E-state index in [1.807, 2.05) is 0 Å². The van der Waals surface area contributed by atoms with Gasteiger partial charge in [-0.3, -0.25) is 19.9 Å². The first-order valence-corrected chi connectivity index (χ1v) is 5.53. The molecule has 0 aliphatic carbocycles. The zero-order valence-electron chi connectivity index (χ0n) is 10.4. The third-order valence-corrected chi connectivity index (χ3v) is 2.35. The van der Waals surface area contributed by atoms with Gasteiger partial charge in [-0.05, 0) is 24.6 Å². The van der Waals surface area contributed by atoms with Crippen LogP contribution in [-0.4, -0.2) is 26.3 Å². The Morgan fingerprint density at radius 1 is 1.35 bits per heavy atom. The van der Waals surface area contributed by atoms with Gasteiger partial charge in [0.1, 0.15) is 5.69 Å². The third-order valence-electron chi connectivity index (χ3n) is 2.35. The molecule has 2 rings (SSSR count). The molecule has 0 spiro atoms. The Balaban J connectivity index is 2.04. The summed E-state index contributed by atoms with van der Waals surface area (Å²) < 4.78 is 0. The highest BCUT2D eigenvalue weighted by atomic mass is 16.6. The van der Waals surface area contributed by atoms with Crippen molar-refractivity contribution in [2.24, 2.45) is 5.10 Å². The summed E-state index contributed by atoms with van der Waals surface area (Å²) >= 11 is 0. The minimum absolute atomic E-state index is 0.00356. The number of nitro groups is 1. The van der Waals surface area contributed by atoms with E-state index in [9.17, 15) is 14.9 Å². The molecular weight excluding hydrogens is 264 g/mol. The lowest BCUT2D eigenvalue weighted by atomic mass is 10.2. The molecule has 0 bridgehead atoms. The SMILES string of the molecule is Cc1nnc(NN=Cc2ccc([N+](=O)[O-])cc2)[nH]c1=O. The van der Waals surface area contributed by atoms with Gasteiger partial charge in [0.2, 0.25) is 5.95 Å². The molecule has 0 atom stereocenters. The van der Waals surface area contributed by atoms with Crippen molar-refractivity contribution >= 4 is 17.9 Å². The van der Waals surface area contributed by atoms with Gasteiger partial charge < -0.3 is 0 Å². The van der Waals surface area contributed by atoms with Crippen molar-refractivity contribution in [3.05, 3.63) is 56.0 Å². The summed E-state index contributed by atoms with van der Waals surface area (Å²) in [6.07, 6.45) is 1.43. The number of anilines is 1. The van der Waals surface area contributed by atoms with E-state index in [1.165, 1.54) is 25.3 Å². The van der Waals surface area contributed by atoms with E-state index >= 15 is 0 Å². The Labute approximate surface area is 112 Å². The topological polar surface area (TPSA) is 126 Å². The molecule has 2 aromatic rings. The third kappa shape index (κ3) is 3.22. The Bertz CT molecular complexity index is 707. The summed E-state index contributed by atoms with van der Waals surface area (Å²) in [5, 5.41) is 21.6. The van der Waals surface area contributed by atoms with Gasteiger partial charge in [-0.1, -0.05) is 0 Å². The number of benzene rings is 1. The molecule has 0 aliphatic rings. The Kier molecular flexibility index (Phi) is 3.80. The van der Waals surface area contributed by atoms with Crippen LogP contribution in [0.25, 0.3) is 0 Å². The molecule has 1 aromatic carbocycles. The Morgan fingerprint density at radius 2 is 2.05 bits per heavy atom. The fraction of sp³-hybridized carbons (Fsp3) is 0.0909. The number of hydrazone groups is 1. The summed E-state index contributed by atoms with van der Waals surface area (Å²) in [4.78, 5) is 23.7. The van der Waals surface area contributed by atoms with E-state index < -0.39 is 4.92 Å². The van der Waals surface area contributed by atoms with E-state index in [0.717, 1.165) is 0 Å². The average molecular weight is 274 g/mol. The van der Waals surface area contributed by atoms with Gasteiger partial charge >= 0.3 is 0 Å². The largest absolute Gasteiger partial charge is 0.288 e. The zero-order chi connectivity index (χ0) is 14.5. The van der Waals surface area contributed by atoms with E-state index in [-0.39, 0.29) is 22.9 Å². The van der Waals surface area contributed by atoms with E-state index in [2.05, 4.69) is 25.7 Å². The first kappa shape index (κ1) is 13.3. The Morgan fingerprint density at radius 3 is 2.65 bits per heavy atom. The van der Waals surface area contributed by atoms with Crippen molar-refractivity contribution in [2.75, 3.05) is 5.43 Å². The van der Waals surface area contributed by atoms with Crippen molar-refractivity contribution in [1.29, 1.82) is 0 Å². The van der Waals surface area contributed by atoms with Crippen LogP contribution in [0.15, 0.2) is 34.2 Å². The molecule has 0 amide bonds. The lowest BCUT2D eigenvalue weighted by Crippen LogP contribution is -2.15. The van der Waals surface area contributed by atoms with Crippen LogP contribution in [0.4, 0.5) is 11.6 Å². The summed E-state index contributed by atoms with van der Waals surface area (Å²) in [6, 6.07) is 5.84. The molecular formula is C11H10N6O3. The van der Waals surface area contributed by atoms with Crippen LogP contribution in [0.5, 0.6) is 0 Å². The molecule has 0 aliphatic heterocycles. The fourth-order valence-electron chi connectivity index (χ4n) is 1.29. The molecule has 1 aromatic heterocycles. The van der Waals surface area contributed by atoms with Crippen LogP contribution < -0.4 is 11.0 Å². The number of aryl methyl sites for hydroxylation is 1. The molecule has 102 valence electrons. The molecule has 0 fully saturated rings. The maximum absolute atomic E-state index is 11.3. The van der Waals surface area contributed by atoms with Crippen molar-refractivity contribution in [3.63, 3.8) is 0 Å². The number of hydrogen-bond acceptors (Lipinski definition) is 7. The maximum Gasteiger partial charge on any atom is 0.274 e. The van der Waals surface area contributed by atoms with Crippen molar-refractivity contribution < 1.29 is 4.92 Å². The molecule has 0 unspecified atom stereocenters. The molecule has 0 radical (unpaired) electrons. The molecule has 2 N–H and O–H groups in total. The monoisotopic (exact) mass is 274 g/mol. The first-order valence-electron chi connectivity index (χ1n) is 5.53. The van der Waals surface area contributed by atoms with Crippen molar-refractivity contribution in [2.45, 2.75) is 6.92 Å². The number of H-pyrrole nitrogens is 1. The smallest absolute Gasteiger partial charge is 0.274 e.